The van der Waals surface area contributed by atoms with Crippen molar-refractivity contribution in [3.8, 4) is 0 Å². The Balaban J connectivity index is 0.000000621. The maximum atomic E-state index is 11.1. The Labute approximate surface area is 113 Å². The van der Waals surface area contributed by atoms with Crippen molar-refractivity contribution in [3.63, 3.8) is 0 Å². The summed E-state index contributed by atoms with van der Waals surface area (Å²) in [4.78, 5) is 32.7. The Hall–Kier alpha value is -0.460. The molecular formula is C8H18NO10P. The summed E-state index contributed by atoms with van der Waals surface area (Å²) < 4.78 is 13.7. The minimum absolute atomic E-state index is 0.638. The molecular weight excluding hydrogens is 301 g/mol. The number of rotatable bonds is 2. The van der Waals surface area contributed by atoms with Crippen molar-refractivity contribution in [1.82, 2.24) is 0 Å². The summed E-state index contributed by atoms with van der Waals surface area (Å²) in [6.07, 6.45) is -4.22. The van der Waals surface area contributed by atoms with Gasteiger partial charge in [-0.2, -0.15) is 0 Å². The second-order valence-corrected chi connectivity index (χ2v) is 5.14. The van der Waals surface area contributed by atoms with E-state index in [2.05, 4.69) is 0 Å². The number of aliphatic hydroxyl groups is 4. The fourth-order valence-electron chi connectivity index (χ4n) is 1.51. The first-order valence-corrected chi connectivity index (χ1v) is 6.83. The molecule has 5 atom stereocenters. The number of aliphatic hydroxyl groups excluding tert-OH is 3. The molecule has 0 aromatic rings. The van der Waals surface area contributed by atoms with Crippen LogP contribution in [0.2, 0.25) is 0 Å². The molecule has 120 valence electrons. The summed E-state index contributed by atoms with van der Waals surface area (Å²) >= 11 is 0. The Morgan fingerprint density at radius 2 is 1.70 bits per heavy atom. The van der Waals surface area contributed by atoms with Crippen LogP contribution >= 0.6 is 7.82 Å². The van der Waals surface area contributed by atoms with Gasteiger partial charge in [0.2, 0.25) is 5.79 Å². The minimum Gasteiger partial charge on any atom is -0.394 e. The fraction of sp³-hybridized carbons (Fsp3) is 0.875. The van der Waals surface area contributed by atoms with E-state index in [-0.39, 0.29) is 0 Å². The lowest BCUT2D eigenvalue weighted by atomic mass is 9.89. The number of phosphoric acid groups is 1. The average Bonchev–Trinajstić information content (AvgIpc) is 2.29. The molecule has 11 nitrogen and oxygen atoms in total. The van der Waals surface area contributed by atoms with Crippen molar-refractivity contribution in [2.75, 3.05) is 6.61 Å². The number of nitrogens with two attached hydrogens (primary N) is 1. The van der Waals surface area contributed by atoms with Gasteiger partial charge in [0, 0.05) is 6.92 Å². The molecule has 20 heavy (non-hydrogen) atoms. The van der Waals surface area contributed by atoms with Crippen LogP contribution in [0.3, 0.4) is 0 Å². The molecule has 1 saturated heterocycles. The van der Waals surface area contributed by atoms with Crippen LogP contribution in [-0.2, 0) is 14.1 Å². The molecule has 0 aliphatic carbocycles. The summed E-state index contributed by atoms with van der Waals surface area (Å²) in [6, 6.07) is -1.45. The third-order valence-corrected chi connectivity index (χ3v) is 2.57. The first kappa shape index (κ1) is 19.5. The zero-order valence-electron chi connectivity index (χ0n) is 10.4. The van der Waals surface area contributed by atoms with Gasteiger partial charge in [-0.05, 0) is 0 Å². The second kappa shape index (κ2) is 7.00. The van der Waals surface area contributed by atoms with E-state index < -0.39 is 50.4 Å². The molecule has 0 bridgehead atoms. The molecule has 1 aliphatic rings. The standard InChI is InChI=1S/C8H15NO6.H3O4P/c1-3(11)8(14)7(9)6(13)5(12)4(2-10)15-8;1-5(2,3)4/h4-7,10,12-14H,2,9H2,1H3;(H3,1,2,3,4)/t4-,5-,6+,7-,8+;/m1./s1. The zero-order valence-corrected chi connectivity index (χ0v) is 11.3. The van der Waals surface area contributed by atoms with E-state index in [1.807, 2.05) is 0 Å². The molecule has 1 heterocycles. The first-order valence-electron chi connectivity index (χ1n) is 5.26. The number of ether oxygens (including phenoxy) is 1. The van der Waals surface area contributed by atoms with Crippen LogP contribution < -0.4 is 5.73 Å². The van der Waals surface area contributed by atoms with Crippen LogP contribution in [0, 0.1) is 0 Å². The molecule has 9 N–H and O–H groups in total. The topological polar surface area (TPSA) is 211 Å². The lowest BCUT2D eigenvalue weighted by molar-refractivity contribution is -0.296. The number of Topliss-reactive ketones (excluding diaryl/α,β-unsaturated/α-hetero) is 1. The van der Waals surface area contributed by atoms with E-state index >= 15 is 0 Å². The molecule has 0 amide bonds. The minimum atomic E-state index is -4.64. The number of hydrogen-bond acceptors (Lipinski definition) is 8. The summed E-state index contributed by atoms with van der Waals surface area (Å²) in [5, 5.41) is 37.4. The Kier molecular flexibility index (Phi) is 6.84. The Morgan fingerprint density at radius 1 is 1.30 bits per heavy atom. The van der Waals surface area contributed by atoms with E-state index in [9.17, 15) is 20.1 Å². The number of hydrogen-bond donors (Lipinski definition) is 8. The zero-order chi connectivity index (χ0) is 16.3. The first-order chi connectivity index (χ1) is 8.84. The third kappa shape index (κ3) is 5.14. The summed E-state index contributed by atoms with van der Waals surface area (Å²) in [5.41, 5.74) is 5.38. The van der Waals surface area contributed by atoms with E-state index in [1.165, 1.54) is 0 Å². The van der Waals surface area contributed by atoms with Crippen molar-refractivity contribution >= 4 is 13.6 Å². The largest absolute Gasteiger partial charge is 0.466 e. The highest BCUT2D eigenvalue weighted by Crippen LogP contribution is 2.27. The normalized spacial score (nSPS) is 37.9. The van der Waals surface area contributed by atoms with Gasteiger partial charge in [0.05, 0.1) is 12.6 Å². The second-order valence-electron chi connectivity index (χ2n) is 4.11. The van der Waals surface area contributed by atoms with Crippen molar-refractivity contribution in [1.29, 1.82) is 0 Å². The van der Waals surface area contributed by atoms with Crippen molar-refractivity contribution in [2.45, 2.75) is 37.1 Å². The van der Waals surface area contributed by atoms with Gasteiger partial charge in [0.1, 0.15) is 18.3 Å². The van der Waals surface area contributed by atoms with E-state index in [0.29, 0.717) is 0 Å². The fourth-order valence-corrected chi connectivity index (χ4v) is 1.51. The van der Waals surface area contributed by atoms with E-state index in [4.69, 9.17) is 34.8 Å². The number of carbonyl (C=O) groups is 1. The predicted molar refractivity (Wildman–Crippen MR) is 61.8 cm³/mol. The lowest BCUT2D eigenvalue weighted by Crippen LogP contribution is -2.70. The van der Waals surface area contributed by atoms with Crippen molar-refractivity contribution in [3.05, 3.63) is 0 Å². The van der Waals surface area contributed by atoms with Crippen LogP contribution in [0.4, 0.5) is 0 Å². The highest BCUT2D eigenvalue weighted by atomic mass is 31.2. The molecule has 1 fully saturated rings. The van der Waals surface area contributed by atoms with Gasteiger partial charge in [-0.25, -0.2) is 4.57 Å². The van der Waals surface area contributed by atoms with Gasteiger partial charge in [0.25, 0.3) is 0 Å². The predicted octanol–water partition coefficient (Wildman–Crippen LogP) is -4.22. The van der Waals surface area contributed by atoms with E-state index in [0.717, 1.165) is 6.92 Å². The Morgan fingerprint density at radius 3 is 2.00 bits per heavy atom. The van der Waals surface area contributed by atoms with Crippen LogP contribution in [0.15, 0.2) is 0 Å². The van der Waals surface area contributed by atoms with Gasteiger partial charge < -0.3 is 45.6 Å². The van der Waals surface area contributed by atoms with Gasteiger partial charge in [-0.15, -0.1) is 0 Å². The lowest BCUT2D eigenvalue weighted by Gasteiger charge is -2.44. The monoisotopic (exact) mass is 319 g/mol. The summed E-state index contributed by atoms with van der Waals surface area (Å²) in [5.74, 6) is -3.16. The number of ketones is 1. The van der Waals surface area contributed by atoms with E-state index in [1.54, 1.807) is 0 Å². The van der Waals surface area contributed by atoms with Gasteiger partial charge in [-0.1, -0.05) is 0 Å². The highest BCUT2D eigenvalue weighted by molar-refractivity contribution is 7.45. The van der Waals surface area contributed by atoms with Crippen LogP contribution in [0.5, 0.6) is 0 Å². The molecule has 1 aliphatic heterocycles. The molecule has 0 aromatic heterocycles. The molecule has 0 unspecified atom stereocenters. The van der Waals surface area contributed by atoms with Gasteiger partial charge in [0.15, 0.2) is 5.78 Å². The molecule has 0 radical (unpaired) electrons. The van der Waals surface area contributed by atoms with Gasteiger partial charge >= 0.3 is 7.82 Å². The van der Waals surface area contributed by atoms with Crippen LogP contribution in [0.1, 0.15) is 6.92 Å². The third-order valence-electron chi connectivity index (χ3n) is 2.57. The molecule has 12 heteroatoms. The summed E-state index contributed by atoms with van der Waals surface area (Å²) in [6.45, 7) is 0.402. The summed E-state index contributed by atoms with van der Waals surface area (Å²) in [7, 11) is -4.64. The molecule has 0 spiro atoms. The smallest absolute Gasteiger partial charge is 0.394 e. The van der Waals surface area contributed by atoms with Gasteiger partial charge in [-0.3, -0.25) is 4.79 Å². The highest BCUT2D eigenvalue weighted by Gasteiger charge is 2.54. The molecule has 0 aromatic carbocycles. The molecule has 0 saturated carbocycles. The van der Waals surface area contributed by atoms with Crippen molar-refractivity contribution in [2.24, 2.45) is 5.73 Å². The maximum absolute atomic E-state index is 11.1. The van der Waals surface area contributed by atoms with Crippen LogP contribution in [0.25, 0.3) is 0 Å². The Bertz CT molecular complexity index is 375. The van der Waals surface area contributed by atoms with Crippen LogP contribution in [-0.4, -0.2) is 77.6 Å². The maximum Gasteiger partial charge on any atom is 0.466 e. The number of carbonyl (C=O) groups excluding carboxylic acids is 1. The quantitative estimate of drug-likeness (QED) is 0.228. The van der Waals surface area contributed by atoms with Crippen molar-refractivity contribution < 1.29 is 49.2 Å². The SMILES string of the molecule is CC(=O)[C@]1(O)O[C@H](CO)[C@@H](O)[C@H](O)[C@H]1N.O=P(O)(O)O. The average molecular weight is 319 g/mol. The molecule has 1 rings (SSSR count).